The molecular weight excluding hydrogens is 300 g/mol. The van der Waals surface area contributed by atoms with Crippen molar-refractivity contribution in [1.82, 2.24) is 0 Å². The monoisotopic (exact) mass is 316 g/mol. The molecule has 1 aromatic rings. The molecule has 0 spiro atoms. The number of anilines is 1. The first-order valence-corrected chi connectivity index (χ1v) is 6.41. The van der Waals surface area contributed by atoms with E-state index in [0.29, 0.717) is 23.3 Å². The van der Waals surface area contributed by atoms with E-state index in [1.807, 2.05) is 20.8 Å². The van der Waals surface area contributed by atoms with Gasteiger partial charge in [-0.1, -0.05) is 15.9 Å². The lowest BCUT2D eigenvalue weighted by Gasteiger charge is -2.19. The van der Waals surface area contributed by atoms with E-state index < -0.39 is 4.92 Å². The van der Waals surface area contributed by atoms with E-state index >= 15 is 0 Å². The zero-order chi connectivity index (χ0) is 13.8. The fraction of sp³-hybridized carbons (Fsp3) is 0.500. The summed E-state index contributed by atoms with van der Waals surface area (Å²) >= 11 is 3.22. The number of hydrogen-bond acceptors (Lipinski definition) is 4. The van der Waals surface area contributed by atoms with Crippen LogP contribution in [0, 0.1) is 10.1 Å². The maximum absolute atomic E-state index is 10.9. The summed E-state index contributed by atoms with van der Waals surface area (Å²) in [7, 11) is 0. The molecule has 0 atom stereocenters. The molecule has 1 N–H and O–H groups in total. The van der Waals surface area contributed by atoms with Crippen molar-refractivity contribution in [3.05, 3.63) is 32.8 Å². The van der Waals surface area contributed by atoms with E-state index in [0.717, 1.165) is 0 Å². The first-order valence-electron chi connectivity index (χ1n) is 5.61. The Morgan fingerprint density at radius 1 is 1.44 bits per heavy atom. The van der Waals surface area contributed by atoms with Crippen molar-refractivity contribution in [2.24, 2.45) is 0 Å². The Morgan fingerprint density at radius 2 is 2.11 bits per heavy atom. The van der Waals surface area contributed by atoms with Crippen LogP contribution in [0.15, 0.2) is 22.7 Å². The third kappa shape index (κ3) is 5.01. The van der Waals surface area contributed by atoms with Crippen molar-refractivity contribution in [3.63, 3.8) is 0 Å². The van der Waals surface area contributed by atoms with Gasteiger partial charge in [0.25, 0.3) is 5.69 Å². The Morgan fingerprint density at radius 3 is 2.67 bits per heavy atom. The first-order chi connectivity index (χ1) is 8.29. The molecule has 18 heavy (non-hydrogen) atoms. The van der Waals surface area contributed by atoms with E-state index in [2.05, 4.69) is 21.2 Å². The molecule has 6 heteroatoms. The van der Waals surface area contributed by atoms with E-state index in [1.54, 1.807) is 12.1 Å². The van der Waals surface area contributed by atoms with Crippen LogP contribution in [0.3, 0.4) is 0 Å². The summed E-state index contributed by atoms with van der Waals surface area (Å²) < 4.78 is 6.22. The summed E-state index contributed by atoms with van der Waals surface area (Å²) in [6, 6.07) is 4.92. The maximum Gasteiger partial charge on any atom is 0.293 e. The van der Waals surface area contributed by atoms with Crippen molar-refractivity contribution in [1.29, 1.82) is 0 Å². The molecule has 0 aromatic heterocycles. The second kappa shape index (κ2) is 6.15. The highest BCUT2D eigenvalue weighted by Gasteiger charge is 2.14. The third-order valence-corrected chi connectivity index (χ3v) is 2.60. The first kappa shape index (κ1) is 14.9. The van der Waals surface area contributed by atoms with Gasteiger partial charge in [0.05, 0.1) is 17.1 Å². The number of nitrogens with one attached hydrogen (secondary N) is 1. The van der Waals surface area contributed by atoms with Crippen molar-refractivity contribution >= 4 is 27.3 Å². The fourth-order valence-electron chi connectivity index (χ4n) is 1.35. The molecule has 0 saturated heterocycles. The summed E-state index contributed by atoms with van der Waals surface area (Å²) in [5, 5.41) is 13.9. The molecule has 0 saturated carbocycles. The van der Waals surface area contributed by atoms with Crippen LogP contribution < -0.4 is 5.32 Å². The van der Waals surface area contributed by atoms with Crippen LogP contribution in [-0.2, 0) is 4.74 Å². The molecule has 1 aromatic carbocycles. The van der Waals surface area contributed by atoms with Crippen LogP contribution in [-0.4, -0.2) is 23.7 Å². The Labute approximate surface area is 115 Å². The van der Waals surface area contributed by atoms with E-state index in [-0.39, 0.29) is 11.3 Å². The molecule has 0 aliphatic carbocycles. The second-order valence-corrected chi connectivity index (χ2v) is 5.72. The van der Waals surface area contributed by atoms with Gasteiger partial charge in [-0.3, -0.25) is 10.1 Å². The van der Waals surface area contributed by atoms with Crippen molar-refractivity contribution in [2.75, 3.05) is 18.5 Å². The third-order valence-electron chi connectivity index (χ3n) is 2.11. The lowest BCUT2D eigenvalue weighted by atomic mass is 10.2. The second-order valence-electron chi connectivity index (χ2n) is 4.81. The Hall–Kier alpha value is -1.14. The number of ether oxygens (including phenoxy) is 1. The zero-order valence-electron chi connectivity index (χ0n) is 10.7. The molecule has 0 fully saturated rings. The summed E-state index contributed by atoms with van der Waals surface area (Å²) in [6.07, 6.45) is 0. The Balaban J connectivity index is 2.59. The van der Waals surface area contributed by atoms with Crippen molar-refractivity contribution < 1.29 is 9.66 Å². The number of nitro groups is 1. The van der Waals surface area contributed by atoms with Gasteiger partial charge >= 0.3 is 0 Å². The highest BCUT2D eigenvalue weighted by Crippen LogP contribution is 2.27. The topological polar surface area (TPSA) is 64.4 Å². The molecule has 0 amide bonds. The maximum atomic E-state index is 10.9. The Bertz CT molecular complexity index is 430. The molecule has 100 valence electrons. The van der Waals surface area contributed by atoms with Gasteiger partial charge in [0.1, 0.15) is 5.69 Å². The Kier molecular flexibility index (Phi) is 5.10. The predicted molar refractivity (Wildman–Crippen MR) is 75.0 cm³/mol. The number of halogens is 1. The number of benzene rings is 1. The smallest absolute Gasteiger partial charge is 0.293 e. The molecule has 0 aliphatic heterocycles. The van der Waals surface area contributed by atoms with Crippen LogP contribution in [0.4, 0.5) is 11.4 Å². The molecule has 0 aliphatic rings. The summed E-state index contributed by atoms with van der Waals surface area (Å²) in [6.45, 7) is 6.93. The number of rotatable bonds is 5. The highest BCUT2D eigenvalue weighted by molar-refractivity contribution is 9.10. The molecule has 0 bridgehead atoms. The number of hydrogen-bond donors (Lipinski definition) is 1. The zero-order valence-corrected chi connectivity index (χ0v) is 12.3. The average molecular weight is 317 g/mol. The lowest BCUT2D eigenvalue weighted by Crippen LogP contribution is -2.23. The van der Waals surface area contributed by atoms with E-state index in [9.17, 15) is 10.1 Å². The van der Waals surface area contributed by atoms with Gasteiger partial charge in [-0.05, 0) is 32.9 Å². The summed E-state index contributed by atoms with van der Waals surface area (Å²) in [5.74, 6) is 0. The molecule has 0 heterocycles. The van der Waals surface area contributed by atoms with Crippen LogP contribution in [0.5, 0.6) is 0 Å². The van der Waals surface area contributed by atoms with Gasteiger partial charge in [-0.2, -0.15) is 0 Å². The van der Waals surface area contributed by atoms with Crippen molar-refractivity contribution in [3.8, 4) is 0 Å². The van der Waals surface area contributed by atoms with Crippen LogP contribution in [0.1, 0.15) is 20.8 Å². The van der Waals surface area contributed by atoms with E-state index in [1.165, 1.54) is 6.07 Å². The minimum absolute atomic E-state index is 0.0557. The highest BCUT2D eigenvalue weighted by atomic mass is 79.9. The quantitative estimate of drug-likeness (QED) is 0.512. The van der Waals surface area contributed by atoms with E-state index in [4.69, 9.17) is 4.74 Å². The largest absolute Gasteiger partial charge is 0.377 e. The van der Waals surface area contributed by atoms with Gasteiger partial charge in [-0.25, -0.2) is 0 Å². The average Bonchev–Trinajstić information content (AvgIpc) is 2.24. The fourth-order valence-corrected chi connectivity index (χ4v) is 1.70. The molecule has 1 rings (SSSR count). The van der Waals surface area contributed by atoms with Gasteiger partial charge in [0, 0.05) is 17.1 Å². The van der Waals surface area contributed by atoms with Crippen LogP contribution in [0.25, 0.3) is 0 Å². The minimum atomic E-state index is -0.405. The van der Waals surface area contributed by atoms with Gasteiger partial charge in [-0.15, -0.1) is 0 Å². The van der Waals surface area contributed by atoms with Gasteiger partial charge in [0.15, 0.2) is 0 Å². The number of nitrogens with zero attached hydrogens (tertiary/aromatic N) is 1. The molecule has 0 radical (unpaired) electrons. The van der Waals surface area contributed by atoms with Crippen molar-refractivity contribution in [2.45, 2.75) is 26.4 Å². The molecule has 5 nitrogen and oxygen atoms in total. The van der Waals surface area contributed by atoms with Crippen LogP contribution in [0.2, 0.25) is 0 Å². The van der Waals surface area contributed by atoms with Gasteiger partial charge in [0.2, 0.25) is 0 Å². The summed E-state index contributed by atoms with van der Waals surface area (Å²) in [5.41, 5.74) is 0.355. The summed E-state index contributed by atoms with van der Waals surface area (Å²) in [4.78, 5) is 10.5. The van der Waals surface area contributed by atoms with Crippen LogP contribution >= 0.6 is 15.9 Å². The standard InChI is InChI=1S/C12H17BrN2O3/c1-12(2,3)18-7-6-14-10-5-4-9(13)8-11(10)15(16)17/h4-5,8,14H,6-7H2,1-3H3. The molecular formula is C12H17BrN2O3. The normalized spacial score (nSPS) is 11.3. The molecule has 0 unspecified atom stereocenters. The predicted octanol–water partition coefficient (Wildman–Crippen LogP) is 3.58. The SMILES string of the molecule is CC(C)(C)OCCNc1ccc(Br)cc1[N+](=O)[O-]. The van der Waals surface area contributed by atoms with Gasteiger partial charge < -0.3 is 10.1 Å². The number of nitro benzene ring substituents is 1. The minimum Gasteiger partial charge on any atom is -0.377 e. The lowest BCUT2D eigenvalue weighted by molar-refractivity contribution is -0.384.